The number of aliphatic hydroxyl groups excluding tert-OH is 2. The van der Waals surface area contributed by atoms with Crippen molar-refractivity contribution in [1.29, 1.82) is 0 Å². The molecule has 0 heterocycles. The lowest BCUT2D eigenvalue weighted by atomic mass is 10.0. The number of unbranched alkanes of at least 4 members (excludes halogenated alkanes) is 11. The Hall–Kier alpha value is -0.910. The average Bonchev–Trinajstić information content (AvgIpc) is 2.68. The number of carbonyl (C=O) groups is 1. The van der Waals surface area contributed by atoms with Gasteiger partial charge in [-0.25, -0.2) is 4.79 Å². The molecule has 0 amide bonds. The molecule has 3 atom stereocenters. The second-order valence-electron chi connectivity index (χ2n) is 7.46. The van der Waals surface area contributed by atoms with E-state index in [2.05, 4.69) is 6.92 Å². The van der Waals surface area contributed by atoms with Crippen LogP contribution in [0.2, 0.25) is 0 Å². The fourth-order valence-electron chi connectivity index (χ4n) is 2.84. The first kappa shape index (κ1) is 26.1. The van der Waals surface area contributed by atoms with Gasteiger partial charge in [-0.3, -0.25) is 0 Å². The van der Waals surface area contributed by atoms with Crippen LogP contribution in [0, 0.1) is 0 Å². The van der Waals surface area contributed by atoms with Crippen molar-refractivity contribution in [2.24, 2.45) is 5.73 Å². The van der Waals surface area contributed by atoms with E-state index in [9.17, 15) is 15.0 Å². The number of hydrogen-bond acceptors (Lipinski definition) is 5. The van der Waals surface area contributed by atoms with E-state index >= 15 is 0 Å². The van der Waals surface area contributed by atoms with E-state index in [1.54, 1.807) is 13.0 Å². The van der Waals surface area contributed by atoms with E-state index < -0.39 is 24.2 Å². The molecule has 5 heteroatoms. The minimum absolute atomic E-state index is 0.0974. The molecule has 0 bridgehead atoms. The van der Waals surface area contributed by atoms with Crippen LogP contribution in [-0.4, -0.2) is 41.0 Å². The van der Waals surface area contributed by atoms with Crippen LogP contribution in [0.1, 0.15) is 97.3 Å². The Morgan fingerprint density at radius 3 is 1.96 bits per heavy atom. The van der Waals surface area contributed by atoms with Gasteiger partial charge < -0.3 is 20.7 Å². The summed E-state index contributed by atoms with van der Waals surface area (Å²) < 4.78 is 4.89. The van der Waals surface area contributed by atoms with Crippen LogP contribution in [0.5, 0.6) is 0 Å². The first-order valence-corrected chi connectivity index (χ1v) is 11.0. The highest BCUT2D eigenvalue weighted by atomic mass is 16.5. The van der Waals surface area contributed by atoms with Crippen molar-refractivity contribution in [1.82, 2.24) is 0 Å². The maximum absolute atomic E-state index is 11.4. The molecule has 0 radical (unpaired) electrons. The molecule has 0 aliphatic heterocycles. The Morgan fingerprint density at radius 1 is 0.926 bits per heavy atom. The van der Waals surface area contributed by atoms with Gasteiger partial charge in [0.1, 0.15) is 6.61 Å². The lowest BCUT2D eigenvalue weighted by Gasteiger charge is -2.16. The van der Waals surface area contributed by atoms with E-state index in [1.165, 1.54) is 64.2 Å². The summed E-state index contributed by atoms with van der Waals surface area (Å²) in [6.07, 6.45) is 17.4. The standard InChI is InChI=1S/C22H43NO4/c1-3-5-6-7-8-9-10-11-12-13-14-15-16-17-21(25)19(23)18-27-22(26)20(24)4-2/h16-17,19-21,24-25H,3-15,18,23H2,1-2H3. The summed E-state index contributed by atoms with van der Waals surface area (Å²) in [5.74, 6) is -0.690. The molecule has 0 saturated heterocycles. The molecule has 0 aliphatic carbocycles. The van der Waals surface area contributed by atoms with Crippen molar-refractivity contribution >= 4 is 5.97 Å². The zero-order valence-corrected chi connectivity index (χ0v) is 17.6. The largest absolute Gasteiger partial charge is 0.462 e. The highest BCUT2D eigenvalue weighted by molar-refractivity contribution is 5.74. The Kier molecular flexibility index (Phi) is 17.8. The Balaban J connectivity index is 3.55. The summed E-state index contributed by atoms with van der Waals surface area (Å²) in [6.45, 7) is 3.85. The lowest BCUT2D eigenvalue weighted by Crippen LogP contribution is -2.39. The molecule has 5 nitrogen and oxygen atoms in total. The summed E-state index contributed by atoms with van der Waals surface area (Å²) in [6, 6.07) is -0.674. The molecule has 0 saturated carbocycles. The van der Waals surface area contributed by atoms with E-state index in [4.69, 9.17) is 10.5 Å². The fraction of sp³-hybridized carbons (Fsp3) is 0.864. The van der Waals surface area contributed by atoms with Gasteiger partial charge in [-0.1, -0.05) is 90.2 Å². The lowest BCUT2D eigenvalue weighted by molar-refractivity contribution is -0.154. The first-order chi connectivity index (χ1) is 13.0. The number of nitrogens with two attached hydrogens (primary N) is 1. The quantitative estimate of drug-likeness (QED) is 0.186. The van der Waals surface area contributed by atoms with Crippen LogP contribution in [0.3, 0.4) is 0 Å². The summed E-state index contributed by atoms with van der Waals surface area (Å²) in [5.41, 5.74) is 5.79. The molecular weight excluding hydrogens is 342 g/mol. The zero-order valence-electron chi connectivity index (χ0n) is 17.6. The molecule has 0 fully saturated rings. The molecule has 0 aromatic carbocycles. The predicted octanol–water partition coefficient (Wildman–Crippen LogP) is 4.25. The van der Waals surface area contributed by atoms with Crippen molar-refractivity contribution < 1.29 is 19.7 Å². The van der Waals surface area contributed by atoms with Gasteiger partial charge in [-0.2, -0.15) is 0 Å². The monoisotopic (exact) mass is 385 g/mol. The Labute approximate surface area is 166 Å². The second kappa shape index (κ2) is 18.5. The van der Waals surface area contributed by atoms with Crippen LogP contribution in [-0.2, 0) is 9.53 Å². The minimum atomic E-state index is -1.12. The summed E-state index contributed by atoms with van der Waals surface area (Å²) in [7, 11) is 0. The third kappa shape index (κ3) is 15.8. The van der Waals surface area contributed by atoms with E-state index in [0.717, 1.165) is 12.8 Å². The average molecular weight is 386 g/mol. The molecule has 160 valence electrons. The number of rotatable bonds is 18. The molecule has 4 N–H and O–H groups in total. The van der Waals surface area contributed by atoms with E-state index in [1.807, 2.05) is 6.08 Å². The highest BCUT2D eigenvalue weighted by Gasteiger charge is 2.18. The van der Waals surface area contributed by atoms with E-state index in [-0.39, 0.29) is 6.61 Å². The molecular formula is C22H43NO4. The van der Waals surface area contributed by atoms with Gasteiger partial charge in [0, 0.05) is 0 Å². The van der Waals surface area contributed by atoms with Crippen LogP contribution in [0.15, 0.2) is 12.2 Å². The van der Waals surface area contributed by atoms with Crippen molar-refractivity contribution in [3.8, 4) is 0 Å². The van der Waals surface area contributed by atoms with Gasteiger partial charge in [0.15, 0.2) is 6.10 Å². The van der Waals surface area contributed by atoms with Crippen molar-refractivity contribution in [2.75, 3.05) is 6.61 Å². The third-order valence-corrected chi connectivity index (χ3v) is 4.82. The SMILES string of the molecule is CCCCCCCCCCCCCC=CC(O)C(N)COC(=O)C(O)CC. The minimum Gasteiger partial charge on any atom is -0.462 e. The summed E-state index contributed by atoms with van der Waals surface area (Å²) in [4.78, 5) is 11.4. The first-order valence-electron chi connectivity index (χ1n) is 11.0. The normalized spacial score (nSPS) is 15.0. The van der Waals surface area contributed by atoms with Gasteiger partial charge in [0.2, 0.25) is 0 Å². The fourth-order valence-corrected chi connectivity index (χ4v) is 2.84. The number of allylic oxidation sites excluding steroid dienone is 1. The zero-order chi connectivity index (χ0) is 20.3. The van der Waals surface area contributed by atoms with Crippen LogP contribution < -0.4 is 5.73 Å². The number of carbonyl (C=O) groups excluding carboxylic acids is 1. The highest BCUT2D eigenvalue weighted by Crippen LogP contribution is 2.12. The summed E-state index contributed by atoms with van der Waals surface area (Å²) >= 11 is 0. The smallest absolute Gasteiger partial charge is 0.334 e. The molecule has 3 unspecified atom stereocenters. The summed E-state index contributed by atoms with van der Waals surface area (Å²) in [5, 5.41) is 19.3. The number of esters is 1. The van der Waals surface area contributed by atoms with Gasteiger partial charge in [0.05, 0.1) is 12.1 Å². The Morgan fingerprint density at radius 2 is 1.44 bits per heavy atom. The van der Waals surface area contributed by atoms with E-state index in [0.29, 0.717) is 6.42 Å². The van der Waals surface area contributed by atoms with Gasteiger partial charge in [-0.15, -0.1) is 0 Å². The molecule has 0 rings (SSSR count). The maximum atomic E-state index is 11.4. The molecule has 0 aromatic heterocycles. The molecule has 0 spiro atoms. The predicted molar refractivity (Wildman–Crippen MR) is 111 cm³/mol. The van der Waals surface area contributed by atoms with Crippen LogP contribution in [0.4, 0.5) is 0 Å². The van der Waals surface area contributed by atoms with Crippen molar-refractivity contribution in [3.05, 3.63) is 12.2 Å². The van der Waals surface area contributed by atoms with Crippen LogP contribution >= 0.6 is 0 Å². The third-order valence-electron chi connectivity index (χ3n) is 4.82. The van der Waals surface area contributed by atoms with Crippen LogP contribution in [0.25, 0.3) is 0 Å². The topological polar surface area (TPSA) is 92.8 Å². The molecule has 0 aliphatic rings. The van der Waals surface area contributed by atoms with Gasteiger partial charge >= 0.3 is 5.97 Å². The van der Waals surface area contributed by atoms with Crippen molar-refractivity contribution in [2.45, 2.75) is 116 Å². The number of aliphatic hydroxyl groups is 2. The number of ether oxygens (including phenoxy) is 1. The second-order valence-corrected chi connectivity index (χ2v) is 7.46. The number of hydrogen-bond donors (Lipinski definition) is 3. The van der Waals surface area contributed by atoms with Gasteiger partial charge in [-0.05, 0) is 19.3 Å². The maximum Gasteiger partial charge on any atom is 0.334 e. The van der Waals surface area contributed by atoms with Crippen molar-refractivity contribution in [3.63, 3.8) is 0 Å². The molecule has 0 aromatic rings. The molecule has 27 heavy (non-hydrogen) atoms. The van der Waals surface area contributed by atoms with Gasteiger partial charge in [0.25, 0.3) is 0 Å². The Bertz CT molecular complexity index is 373.